The Bertz CT molecular complexity index is 522. The van der Waals surface area contributed by atoms with Crippen LogP contribution in [0.3, 0.4) is 0 Å². The second-order valence-corrected chi connectivity index (χ2v) is 8.25. The van der Waals surface area contributed by atoms with Gasteiger partial charge in [-0.15, -0.1) is 0 Å². The van der Waals surface area contributed by atoms with E-state index in [0.717, 1.165) is 18.4 Å². The number of nitrogens with one attached hydrogen (secondary N) is 1. The van der Waals surface area contributed by atoms with Crippen molar-refractivity contribution < 1.29 is 8.42 Å². The Morgan fingerprint density at radius 3 is 2.33 bits per heavy atom. The van der Waals surface area contributed by atoms with E-state index >= 15 is 0 Å². The summed E-state index contributed by atoms with van der Waals surface area (Å²) in [6.07, 6.45) is 4.55. The Kier molecular flexibility index (Phi) is 6.68. The molecule has 0 aromatic heterocycles. The largest absolute Gasteiger partial charge is 0.399 e. The fourth-order valence-corrected chi connectivity index (χ4v) is 3.48. The molecular weight excluding hydrogens is 284 g/mol. The highest BCUT2D eigenvalue weighted by atomic mass is 32.2. The van der Waals surface area contributed by atoms with Crippen molar-refractivity contribution in [2.75, 3.05) is 12.3 Å². The predicted molar refractivity (Wildman–Crippen MR) is 89.4 cm³/mol. The summed E-state index contributed by atoms with van der Waals surface area (Å²) in [4.78, 5) is 0. The van der Waals surface area contributed by atoms with E-state index in [2.05, 4.69) is 25.5 Å². The second-order valence-electron chi connectivity index (χ2n) is 6.44. The van der Waals surface area contributed by atoms with Crippen LogP contribution in [0.1, 0.15) is 52.0 Å². The molecule has 1 aromatic rings. The highest BCUT2D eigenvalue weighted by Crippen LogP contribution is 2.23. The number of benzene rings is 1. The first-order valence-corrected chi connectivity index (χ1v) is 9.21. The highest BCUT2D eigenvalue weighted by molar-refractivity contribution is 7.88. The summed E-state index contributed by atoms with van der Waals surface area (Å²) in [7, 11) is -3.30. The van der Waals surface area contributed by atoms with E-state index in [9.17, 15) is 8.42 Å². The van der Waals surface area contributed by atoms with Crippen molar-refractivity contribution >= 4 is 15.7 Å². The van der Waals surface area contributed by atoms with Crippen LogP contribution >= 0.6 is 0 Å². The molecule has 120 valence electrons. The van der Waals surface area contributed by atoms with Crippen molar-refractivity contribution in [1.29, 1.82) is 0 Å². The van der Waals surface area contributed by atoms with Gasteiger partial charge >= 0.3 is 0 Å². The lowest BCUT2D eigenvalue weighted by atomic mass is 9.87. The topological polar surface area (TPSA) is 72.2 Å². The normalized spacial score (nSPS) is 12.5. The van der Waals surface area contributed by atoms with Crippen LogP contribution in [0.4, 0.5) is 5.69 Å². The summed E-state index contributed by atoms with van der Waals surface area (Å²) >= 11 is 0. The standard InChI is InChI=1S/C16H28N2O2S/c1-4-5-6-11-16(2,3)13-18-21(19,20)12-14-7-9-15(17)10-8-14/h7-10,18H,4-6,11-13,17H2,1-3H3. The van der Waals surface area contributed by atoms with Gasteiger partial charge in [-0.2, -0.15) is 0 Å². The lowest BCUT2D eigenvalue weighted by Crippen LogP contribution is -2.34. The molecule has 3 N–H and O–H groups in total. The SMILES string of the molecule is CCCCCC(C)(C)CNS(=O)(=O)Cc1ccc(N)cc1. The van der Waals surface area contributed by atoms with Crippen LogP contribution in [0.25, 0.3) is 0 Å². The number of nitrogens with two attached hydrogens (primary N) is 1. The van der Waals surface area contributed by atoms with Gasteiger partial charge in [0, 0.05) is 12.2 Å². The van der Waals surface area contributed by atoms with Crippen LogP contribution < -0.4 is 10.5 Å². The van der Waals surface area contributed by atoms with Crippen LogP contribution in [0.5, 0.6) is 0 Å². The van der Waals surface area contributed by atoms with Crippen molar-refractivity contribution in [1.82, 2.24) is 4.72 Å². The zero-order chi connectivity index (χ0) is 15.9. The minimum atomic E-state index is -3.30. The molecule has 0 unspecified atom stereocenters. The van der Waals surface area contributed by atoms with Crippen LogP contribution in [-0.2, 0) is 15.8 Å². The number of sulfonamides is 1. The third kappa shape index (κ3) is 7.48. The van der Waals surface area contributed by atoms with Crippen molar-refractivity contribution in [3.05, 3.63) is 29.8 Å². The van der Waals surface area contributed by atoms with Crippen molar-refractivity contribution in [2.45, 2.75) is 52.2 Å². The zero-order valence-corrected chi connectivity index (χ0v) is 14.2. The molecule has 0 spiro atoms. The Hall–Kier alpha value is -1.07. The first-order chi connectivity index (χ1) is 9.74. The van der Waals surface area contributed by atoms with E-state index in [-0.39, 0.29) is 11.2 Å². The second kappa shape index (κ2) is 7.80. The molecule has 0 bridgehead atoms. The van der Waals surface area contributed by atoms with Gasteiger partial charge in [-0.3, -0.25) is 0 Å². The van der Waals surface area contributed by atoms with E-state index in [1.54, 1.807) is 24.3 Å². The molecule has 0 amide bonds. The van der Waals surface area contributed by atoms with Gasteiger partial charge < -0.3 is 5.73 Å². The fraction of sp³-hybridized carbons (Fsp3) is 0.625. The molecule has 0 saturated heterocycles. The van der Waals surface area contributed by atoms with Crippen LogP contribution in [0, 0.1) is 5.41 Å². The first kappa shape index (κ1) is 18.0. The van der Waals surface area contributed by atoms with Crippen LogP contribution in [-0.4, -0.2) is 15.0 Å². The quantitative estimate of drug-likeness (QED) is 0.543. The summed E-state index contributed by atoms with van der Waals surface area (Å²) in [5, 5.41) is 0. The van der Waals surface area contributed by atoms with Crippen molar-refractivity contribution in [3.63, 3.8) is 0 Å². The van der Waals surface area contributed by atoms with Gasteiger partial charge in [0.2, 0.25) is 10.0 Å². The van der Waals surface area contributed by atoms with E-state index in [1.807, 2.05) is 0 Å². The summed E-state index contributed by atoms with van der Waals surface area (Å²) in [5.74, 6) is -0.00167. The minimum Gasteiger partial charge on any atom is -0.399 e. The molecular formula is C16H28N2O2S. The minimum absolute atomic E-state index is 0.00167. The van der Waals surface area contributed by atoms with E-state index in [4.69, 9.17) is 5.73 Å². The molecule has 1 rings (SSSR count). The summed E-state index contributed by atoms with van der Waals surface area (Å²) in [6, 6.07) is 6.95. The first-order valence-electron chi connectivity index (χ1n) is 7.56. The maximum atomic E-state index is 12.1. The van der Waals surface area contributed by atoms with Gasteiger partial charge in [-0.1, -0.05) is 52.2 Å². The van der Waals surface area contributed by atoms with Gasteiger partial charge in [0.05, 0.1) is 5.75 Å². The number of rotatable bonds is 9. The van der Waals surface area contributed by atoms with Gasteiger partial charge in [0.25, 0.3) is 0 Å². The van der Waals surface area contributed by atoms with Gasteiger partial charge in [0.15, 0.2) is 0 Å². The number of anilines is 1. The van der Waals surface area contributed by atoms with Gasteiger partial charge in [-0.05, 0) is 29.5 Å². The molecule has 0 fully saturated rings. The molecule has 0 radical (unpaired) electrons. The summed E-state index contributed by atoms with van der Waals surface area (Å²) in [6.45, 7) is 6.86. The van der Waals surface area contributed by atoms with Gasteiger partial charge in [0.1, 0.15) is 0 Å². The van der Waals surface area contributed by atoms with E-state index in [1.165, 1.54) is 12.8 Å². The van der Waals surface area contributed by atoms with E-state index in [0.29, 0.717) is 12.2 Å². The van der Waals surface area contributed by atoms with E-state index < -0.39 is 10.0 Å². The molecule has 21 heavy (non-hydrogen) atoms. The molecule has 1 aromatic carbocycles. The Labute approximate surface area is 129 Å². The zero-order valence-electron chi connectivity index (χ0n) is 13.4. The maximum absolute atomic E-state index is 12.1. The van der Waals surface area contributed by atoms with Crippen molar-refractivity contribution in [2.24, 2.45) is 5.41 Å². The average Bonchev–Trinajstić information content (AvgIpc) is 2.40. The molecule has 0 heterocycles. The summed E-state index contributed by atoms with van der Waals surface area (Å²) in [5.41, 5.74) is 6.98. The molecule has 0 saturated carbocycles. The average molecular weight is 312 g/mol. The Morgan fingerprint density at radius 1 is 1.14 bits per heavy atom. The Balaban J connectivity index is 2.50. The number of hydrogen-bond acceptors (Lipinski definition) is 3. The monoisotopic (exact) mass is 312 g/mol. The smallest absolute Gasteiger partial charge is 0.215 e. The fourth-order valence-electron chi connectivity index (χ4n) is 2.13. The Morgan fingerprint density at radius 2 is 1.76 bits per heavy atom. The third-order valence-electron chi connectivity index (χ3n) is 3.56. The number of unbranched alkanes of at least 4 members (excludes halogenated alkanes) is 2. The van der Waals surface area contributed by atoms with Crippen LogP contribution in [0.15, 0.2) is 24.3 Å². The number of nitrogen functional groups attached to an aromatic ring is 1. The lowest BCUT2D eigenvalue weighted by Gasteiger charge is -2.24. The molecule has 0 aliphatic carbocycles. The molecule has 5 heteroatoms. The van der Waals surface area contributed by atoms with Crippen LogP contribution in [0.2, 0.25) is 0 Å². The molecule has 4 nitrogen and oxygen atoms in total. The highest BCUT2D eigenvalue weighted by Gasteiger charge is 2.21. The molecule has 0 aliphatic rings. The maximum Gasteiger partial charge on any atom is 0.215 e. The predicted octanol–water partition coefficient (Wildman–Crippen LogP) is 3.29. The third-order valence-corrected chi connectivity index (χ3v) is 4.86. The summed E-state index contributed by atoms with van der Waals surface area (Å²) < 4.78 is 27.0. The molecule has 0 aliphatic heterocycles. The van der Waals surface area contributed by atoms with Gasteiger partial charge in [-0.25, -0.2) is 13.1 Å². The van der Waals surface area contributed by atoms with Crippen molar-refractivity contribution in [3.8, 4) is 0 Å². The molecule has 0 atom stereocenters. The lowest BCUT2D eigenvalue weighted by molar-refractivity contribution is 0.320. The number of hydrogen-bond donors (Lipinski definition) is 2.